The van der Waals surface area contributed by atoms with E-state index in [0.29, 0.717) is 0 Å². The number of hydrogen-bond acceptors (Lipinski definition) is 14. The number of carbonyl (C=O) groups excluding carboxylic acids is 2. The van der Waals surface area contributed by atoms with Gasteiger partial charge in [-0.2, -0.15) is 4.98 Å². The average molecular weight is 657 g/mol. The Hall–Kier alpha value is -3.80. The van der Waals surface area contributed by atoms with Crippen LogP contribution in [0.1, 0.15) is 47.1 Å². The first kappa shape index (κ1) is 35.7. The summed E-state index contributed by atoms with van der Waals surface area (Å²) in [5, 5.41) is 21.5. The lowest BCUT2D eigenvalue weighted by Crippen LogP contribution is -2.45. The standard InChI is InChI=1S/C27H34FN4O12P/c1-9-15-11-32(19-16(15)20(35)31-23(29)30-19)27(10-2)18(34)17(33)26(28,44-27)12-41-45(38,42-13-39-21(36)24(3,4)5)43-14-40-22(37)25(6,7)8/h1-2,11,17-18,33-34H,12-14H2,3-8H3,(H3,29,30,31,35)/t17-,18+,26+,27+/m0/s1. The summed E-state index contributed by atoms with van der Waals surface area (Å²) in [6, 6.07) is 0. The second kappa shape index (κ2) is 12.5. The van der Waals surface area contributed by atoms with Crippen molar-refractivity contribution >= 4 is 36.7 Å². The zero-order valence-electron chi connectivity index (χ0n) is 25.3. The second-order valence-electron chi connectivity index (χ2n) is 11.9. The summed E-state index contributed by atoms with van der Waals surface area (Å²) in [4.78, 5) is 43.0. The van der Waals surface area contributed by atoms with E-state index in [1.807, 2.05) is 5.92 Å². The molecular formula is C27H34FN4O12P. The summed E-state index contributed by atoms with van der Waals surface area (Å²) in [6.45, 7) is 5.69. The van der Waals surface area contributed by atoms with E-state index in [4.69, 9.17) is 46.4 Å². The number of nitrogens with zero attached hydrogens (tertiary/aromatic N) is 2. The third-order valence-corrected chi connectivity index (χ3v) is 7.60. The summed E-state index contributed by atoms with van der Waals surface area (Å²) in [6.07, 6.45) is 7.44. The van der Waals surface area contributed by atoms with Crippen LogP contribution in [-0.2, 0) is 47.7 Å². The van der Waals surface area contributed by atoms with Crippen molar-refractivity contribution in [1.29, 1.82) is 0 Å². The summed E-state index contributed by atoms with van der Waals surface area (Å²) >= 11 is 0. The normalized spacial score (nSPS) is 23.8. The Bertz CT molecular complexity index is 1630. The van der Waals surface area contributed by atoms with E-state index in [9.17, 15) is 29.2 Å². The molecule has 3 heterocycles. The van der Waals surface area contributed by atoms with Crippen molar-refractivity contribution in [3.63, 3.8) is 0 Å². The van der Waals surface area contributed by atoms with Crippen molar-refractivity contribution in [2.24, 2.45) is 10.8 Å². The summed E-state index contributed by atoms with van der Waals surface area (Å²) in [5.74, 6) is -1.11. The number of carbonyl (C=O) groups is 2. The number of aliphatic hydroxyl groups excluding tert-OH is 2. The van der Waals surface area contributed by atoms with Gasteiger partial charge in [0, 0.05) is 6.20 Å². The molecule has 2 aromatic rings. The van der Waals surface area contributed by atoms with E-state index in [1.165, 1.54) is 41.5 Å². The second-order valence-corrected chi connectivity index (χ2v) is 13.6. The number of hydrogen-bond donors (Lipinski definition) is 4. The third kappa shape index (κ3) is 7.21. The molecule has 0 unspecified atom stereocenters. The Morgan fingerprint density at radius 2 is 1.64 bits per heavy atom. The van der Waals surface area contributed by atoms with Crippen LogP contribution in [0.4, 0.5) is 10.3 Å². The van der Waals surface area contributed by atoms with Gasteiger partial charge < -0.3 is 30.2 Å². The first-order valence-electron chi connectivity index (χ1n) is 13.1. The number of aromatic amines is 1. The molecule has 246 valence electrons. The quantitative estimate of drug-likeness (QED) is 0.122. The fourth-order valence-electron chi connectivity index (χ4n) is 3.83. The van der Waals surface area contributed by atoms with Gasteiger partial charge in [0.1, 0.15) is 18.8 Å². The summed E-state index contributed by atoms with van der Waals surface area (Å²) in [7, 11) is -4.98. The SMILES string of the molecule is C#Cc1cn([C@]2(C#C)O[C@](F)(COP(=O)(OCOC(=O)C(C)(C)C)OCOC(=O)C(C)(C)C)[C@@H](O)[C@H]2O)c2nc(N)[nH]c(=O)c12. The van der Waals surface area contributed by atoms with Crippen molar-refractivity contribution in [2.45, 2.75) is 65.3 Å². The smallest absolute Gasteiger partial charge is 0.437 e. The number of phosphoric ester groups is 1. The Kier molecular flexibility index (Phi) is 9.94. The minimum atomic E-state index is -4.98. The minimum Gasteiger partial charge on any atom is -0.437 e. The lowest BCUT2D eigenvalue weighted by atomic mass is 9.98. The van der Waals surface area contributed by atoms with Gasteiger partial charge in [-0.3, -0.25) is 28.5 Å². The van der Waals surface area contributed by atoms with Gasteiger partial charge in [-0.1, -0.05) is 5.92 Å². The number of halogens is 1. The Balaban J connectivity index is 1.92. The number of aliphatic hydroxyl groups is 2. The number of rotatable bonds is 10. The van der Waals surface area contributed by atoms with Crippen LogP contribution >= 0.6 is 7.82 Å². The van der Waals surface area contributed by atoms with E-state index in [1.54, 1.807) is 0 Å². The third-order valence-electron chi connectivity index (χ3n) is 6.31. The maximum atomic E-state index is 16.3. The molecule has 0 bridgehead atoms. The summed E-state index contributed by atoms with van der Waals surface area (Å²) in [5.41, 5.74) is -0.127. The molecule has 0 spiro atoms. The number of aromatic nitrogens is 3. The highest BCUT2D eigenvalue weighted by atomic mass is 31.2. The van der Waals surface area contributed by atoms with Crippen LogP contribution in [-0.4, -0.2) is 74.9 Å². The monoisotopic (exact) mass is 656 g/mol. The van der Waals surface area contributed by atoms with Crippen LogP contribution in [0.3, 0.4) is 0 Å². The Morgan fingerprint density at radius 3 is 2.11 bits per heavy atom. The van der Waals surface area contributed by atoms with Gasteiger partial charge >= 0.3 is 19.8 Å². The molecule has 3 rings (SSSR count). The highest BCUT2D eigenvalue weighted by Gasteiger charge is 2.65. The van der Waals surface area contributed by atoms with Gasteiger partial charge in [-0.25, -0.2) is 18.0 Å². The molecule has 0 aliphatic carbocycles. The number of nitrogens with two attached hydrogens (primary N) is 1. The lowest BCUT2D eigenvalue weighted by Gasteiger charge is -2.29. The number of ether oxygens (including phenoxy) is 3. The van der Waals surface area contributed by atoms with Gasteiger partial charge in [0.05, 0.1) is 21.8 Å². The minimum absolute atomic E-state index is 0.0906. The average Bonchev–Trinajstić information content (AvgIpc) is 3.40. The van der Waals surface area contributed by atoms with Crippen molar-refractivity contribution in [3.8, 4) is 24.7 Å². The Labute approximate surface area is 256 Å². The molecule has 45 heavy (non-hydrogen) atoms. The highest BCUT2D eigenvalue weighted by molar-refractivity contribution is 7.48. The highest BCUT2D eigenvalue weighted by Crippen LogP contribution is 2.52. The fraction of sp³-hybridized carbons (Fsp3) is 0.556. The number of phosphoric acid groups is 1. The molecule has 0 radical (unpaired) electrons. The van der Waals surface area contributed by atoms with E-state index in [2.05, 4.69) is 15.9 Å². The molecule has 1 aliphatic heterocycles. The Morgan fingerprint density at radius 1 is 1.11 bits per heavy atom. The number of esters is 2. The molecule has 0 saturated carbocycles. The van der Waals surface area contributed by atoms with Gasteiger partial charge in [0.15, 0.2) is 5.65 Å². The molecule has 0 aromatic carbocycles. The van der Waals surface area contributed by atoms with Crippen LogP contribution < -0.4 is 11.3 Å². The molecule has 4 atom stereocenters. The van der Waals surface area contributed by atoms with Gasteiger partial charge in [-0.05, 0) is 47.5 Å². The molecular weight excluding hydrogens is 622 g/mol. The number of anilines is 1. The zero-order valence-corrected chi connectivity index (χ0v) is 26.2. The number of fused-ring (bicyclic) bond motifs is 1. The van der Waals surface area contributed by atoms with Gasteiger partial charge in [0.2, 0.25) is 25.3 Å². The molecule has 5 N–H and O–H groups in total. The molecule has 2 aromatic heterocycles. The maximum Gasteiger partial charge on any atom is 0.480 e. The predicted octanol–water partition coefficient (Wildman–Crippen LogP) is 1.24. The first-order valence-corrected chi connectivity index (χ1v) is 14.6. The van der Waals surface area contributed by atoms with Crippen molar-refractivity contribution in [1.82, 2.24) is 14.5 Å². The number of nitrogen functional groups attached to an aromatic ring is 1. The van der Waals surface area contributed by atoms with Gasteiger partial charge in [-0.15, -0.1) is 12.8 Å². The number of H-pyrrole nitrogens is 1. The van der Waals surface area contributed by atoms with Crippen LogP contribution in [0.2, 0.25) is 0 Å². The van der Waals surface area contributed by atoms with Crippen LogP contribution in [0.5, 0.6) is 0 Å². The molecule has 18 heteroatoms. The van der Waals surface area contributed by atoms with Crippen molar-refractivity contribution in [2.75, 3.05) is 25.9 Å². The van der Waals surface area contributed by atoms with E-state index in [-0.39, 0.29) is 22.5 Å². The van der Waals surface area contributed by atoms with Crippen molar-refractivity contribution in [3.05, 3.63) is 22.1 Å². The first-order chi connectivity index (χ1) is 20.6. The predicted molar refractivity (Wildman–Crippen MR) is 153 cm³/mol. The summed E-state index contributed by atoms with van der Waals surface area (Å²) < 4.78 is 60.7. The zero-order chi connectivity index (χ0) is 34.2. The lowest BCUT2D eigenvalue weighted by molar-refractivity contribution is -0.225. The molecule has 1 saturated heterocycles. The van der Waals surface area contributed by atoms with Crippen LogP contribution in [0, 0.1) is 35.5 Å². The van der Waals surface area contributed by atoms with E-state index < -0.39 is 80.1 Å². The van der Waals surface area contributed by atoms with Crippen LogP contribution in [0.15, 0.2) is 11.0 Å². The molecule has 1 aliphatic rings. The maximum absolute atomic E-state index is 16.3. The molecule has 1 fully saturated rings. The van der Waals surface area contributed by atoms with E-state index >= 15 is 4.39 Å². The topological polar surface area (TPSA) is 224 Å². The van der Waals surface area contributed by atoms with Crippen molar-refractivity contribution < 1.29 is 56.5 Å². The number of terminal acetylenes is 2. The van der Waals surface area contributed by atoms with Crippen LogP contribution in [0.25, 0.3) is 11.0 Å². The molecule has 16 nitrogen and oxygen atoms in total. The number of nitrogens with one attached hydrogen (secondary N) is 1. The molecule has 0 amide bonds. The number of alkyl halides is 1. The van der Waals surface area contributed by atoms with E-state index in [0.717, 1.165) is 10.8 Å². The van der Waals surface area contributed by atoms with Gasteiger partial charge in [0.25, 0.3) is 11.4 Å². The fourth-order valence-corrected chi connectivity index (χ4v) is 4.75. The largest absolute Gasteiger partial charge is 0.480 e.